The van der Waals surface area contributed by atoms with Crippen LogP contribution in [-0.4, -0.2) is 24.5 Å². The van der Waals surface area contributed by atoms with E-state index in [4.69, 9.17) is 4.74 Å². The number of hydrogen-bond acceptors (Lipinski definition) is 4. The lowest BCUT2D eigenvalue weighted by molar-refractivity contribution is -0.146. The number of fused-ring (bicyclic) bond motifs is 1. The molecule has 0 aromatic carbocycles. The molecule has 0 aromatic rings. The molecule has 4 heteroatoms. The minimum atomic E-state index is -0.148. The fourth-order valence-corrected chi connectivity index (χ4v) is 2.71. The lowest BCUT2D eigenvalue weighted by Gasteiger charge is -2.21. The molecule has 1 aliphatic carbocycles. The zero-order valence-electron chi connectivity index (χ0n) is 8.03. The van der Waals surface area contributed by atoms with Crippen molar-refractivity contribution < 1.29 is 9.53 Å². The Hall–Kier alpha value is -0.740. The first-order chi connectivity index (χ1) is 6.83. The molecule has 2 atom stereocenters. The van der Waals surface area contributed by atoms with E-state index < -0.39 is 0 Å². The maximum atomic E-state index is 11.6. The molecule has 2 rings (SSSR count). The van der Waals surface area contributed by atoms with Crippen LogP contribution in [0, 0.1) is 5.92 Å². The lowest BCUT2D eigenvalue weighted by Crippen LogP contribution is -2.37. The largest absolute Gasteiger partial charge is 0.465 e. The average molecular weight is 211 g/mol. The fourth-order valence-electron chi connectivity index (χ4n) is 1.70. The first-order valence-electron chi connectivity index (χ1n) is 4.74. The van der Waals surface area contributed by atoms with Crippen molar-refractivity contribution >= 4 is 17.7 Å². The van der Waals surface area contributed by atoms with Crippen molar-refractivity contribution in [2.75, 3.05) is 12.5 Å². The van der Waals surface area contributed by atoms with E-state index in [-0.39, 0.29) is 17.9 Å². The van der Waals surface area contributed by atoms with E-state index in [0.29, 0.717) is 6.61 Å². The summed E-state index contributed by atoms with van der Waals surface area (Å²) in [7, 11) is 0. The summed E-state index contributed by atoms with van der Waals surface area (Å²) in [4.78, 5) is 12.8. The summed E-state index contributed by atoms with van der Waals surface area (Å²) < 4.78 is 5.02. The van der Waals surface area contributed by atoms with Crippen molar-refractivity contribution in [2.45, 2.75) is 13.0 Å². The van der Waals surface area contributed by atoms with Crippen LogP contribution in [0.3, 0.4) is 0 Å². The third-order valence-electron chi connectivity index (χ3n) is 2.35. The Morgan fingerprint density at radius 3 is 3.43 bits per heavy atom. The summed E-state index contributed by atoms with van der Waals surface area (Å²) in [6, 6.07) is 0.143. The highest BCUT2D eigenvalue weighted by Gasteiger charge is 2.34. The van der Waals surface area contributed by atoms with Gasteiger partial charge in [-0.05, 0) is 6.92 Å². The highest BCUT2D eigenvalue weighted by Crippen LogP contribution is 2.33. The zero-order valence-corrected chi connectivity index (χ0v) is 8.84. The first kappa shape index (κ1) is 9.80. The third kappa shape index (κ3) is 1.72. The van der Waals surface area contributed by atoms with Crippen LogP contribution in [0.4, 0.5) is 0 Å². The second-order valence-electron chi connectivity index (χ2n) is 3.20. The van der Waals surface area contributed by atoms with E-state index in [2.05, 4.69) is 11.4 Å². The summed E-state index contributed by atoms with van der Waals surface area (Å²) in [6.07, 6.45) is 5.91. The van der Waals surface area contributed by atoms with Crippen LogP contribution in [-0.2, 0) is 9.53 Å². The number of allylic oxidation sites excluding steroid dienone is 2. The minimum absolute atomic E-state index is 0.130. The molecule has 14 heavy (non-hydrogen) atoms. The van der Waals surface area contributed by atoms with Crippen molar-refractivity contribution in [3.63, 3.8) is 0 Å². The maximum Gasteiger partial charge on any atom is 0.314 e. The van der Waals surface area contributed by atoms with E-state index in [1.807, 2.05) is 19.1 Å². The lowest BCUT2D eigenvalue weighted by atomic mass is 9.95. The minimum Gasteiger partial charge on any atom is -0.465 e. The molecule has 0 amide bonds. The number of carbonyl (C=O) groups is 1. The number of rotatable bonds is 2. The number of ether oxygens (including phenoxy) is 1. The molecule has 2 aliphatic rings. The number of carbonyl (C=O) groups excluding carboxylic acids is 1. The second-order valence-corrected chi connectivity index (χ2v) is 4.25. The Balaban J connectivity index is 2.10. The molecule has 1 saturated heterocycles. The van der Waals surface area contributed by atoms with E-state index in [1.54, 1.807) is 11.8 Å². The van der Waals surface area contributed by atoms with E-state index >= 15 is 0 Å². The van der Waals surface area contributed by atoms with Gasteiger partial charge in [0, 0.05) is 10.8 Å². The number of thioether (sulfide) groups is 1. The van der Waals surface area contributed by atoms with Gasteiger partial charge >= 0.3 is 5.97 Å². The van der Waals surface area contributed by atoms with Crippen molar-refractivity contribution in [3.05, 3.63) is 23.1 Å². The average Bonchev–Trinajstić information content (AvgIpc) is 2.65. The highest BCUT2D eigenvalue weighted by molar-refractivity contribution is 8.03. The van der Waals surface area contributed by atoms with Crippen molar-refractivity contribution in [3.8, 4) is 0 Å². The molecule has 1 N–H and O–H groups in total. The molecule has 1 heterocycles. The smallest absolute Gasteiger partial charge is 0.314 e. The summed E-state index contributed by atoms with van der Waals surface area (Å²) in [5, 5.41) is 3.29. The highest BCUT2D eigenvalue weighted by atomic mass is 32.2. The van der Waals surface area contributed by atoms with Crippen LogP contribution in [0.15, 0.2) is 23.1 Å². The van der Waals surface area contributed by atoms with Crippen LogP contribution < -0.4 is 5.32 Å². The topological polar surface area (TPSA) is 38.3 Å². The van der Waals surface area contributed by atoms with Gasteiger partial charge in [0.25, 0.3) is 0 Å². The SMILES string of the molecule is CCOC(=O)C1C=CC=C2SCNC21. The van der Waals surface area contributed by atoms with Crippen LogP contribution in [0.25, 0.3) is 0 Å². The fraction of sp³-hybridized carbons (Fsp3) is 0.500. The van der Waals surface area contributed by atoms with E-state index in [1.165, 1.54) is 4.91 Å². The molecule has 76 valence electrons. The van der Waals surface area contributed by atoms with Crippen LogP contribution in [0.2, 0.25) is 0 Å². The molecule has 1 fully saturated rings. The molecule has 3 nitrogen and oxygen atoms in total. The predicted octanol–water partition coefficient (Wildman–Crippen LogP) is 1.28. The van der Waals surface area contributed by atoms with Gasteiger partial charge in [0.05, 0.1) is 18.6 Å². The van der Waals surface area contributed by atoms with E-state index in [9.17, 15) is 4.79 Å². The first-order valence-corrected chi connectivity index (χ1v) is 5.72. The third-order valence-corrected chi connectivity index (χ3v) is 3.38. The van der Waals surface area contributed by atoms with Crippen molar-refractivity contribution in [1.82, 2.24) is 5.32 Å². The number of nitrogens with one attached hydrogen (secondary N) is 1. The Morgan fingerprint density at radius 2 is 2.64 bits per heavy atom. The van der Waals surface area contributed by atoms with Gasteiger partial charge in [0.15, 0.2) is 0 Å². The number of hydrogen-bond donors (Lipinski definition) is 1. The Labute approximate surface area is 87.6 Å². The van der Waals surface area contributed by atoms with E-state index in [0.717, 1.165) is 5.88 Å². The quantitative estimate of drug-likeness (QED) is 0.698. The van der Waals surface area contributed by atoms with Gasteiger partial charge in [-0.2, -0.15) is 0 Å². The zero-order chi connectivity index (χ0) is 9.97. The van der Waals surface area contributed by atoms with Gasteiger partial charge in [-0.3, -0.25) is 10.1 Å². The second kappa shape index (κ2) is 4.19. The molecular weight excluding hydrogens is 198 g/mol. The molecule has 1 aliphatic heterocycles. The molecule has 0 bridgehead atoms. The monoisotopic (exact) mass is 211 g/mol. The Bertz CT molecular complexity index is 298. The molecule has 0 aromatic heterocycles. The molecule has 2 unspecified atom stereocenters. The van der Waals surface area contributed by atoms with Gasteiger partial charge in [0.2, 0.25) is 0 Å². The standard InChI is InChI=1S/C10H13NO2S/c1-2-13-10(12)7-4-3-5-8-9(7)11-6-14-8/h3-5,7,9,11H,2,6H2,1H3. The van der Waals surface area contributed by atoms with Crippen LogP contribution in [0.1, 0.15) is 6.92 Å². The van der Waals surface area contributed by atoms with Gasteiger partial charge in [-0.1, -0.05) is 18.2 Å². The molecule has 0 radical (unpaired) electrons. The van der Waals surface area contributed by atoms with Crippen LogP contribution >= 0.6 is 11.8 Å². The molecule has 0 saturated carbocycles. The van der Waals surface area contributed by atoms with Crippen LogP contribution in [0.5, 0.6) is 0 Å². The Kier molecular flexibility index (Phi) is 2.93. The Morgan fingerprint density at radius 1 is 1.79 bits per heavy atom. The molecular formula is C10H13NO2S. The normalized spacial score (nSPS) is 29.6. The molecule has 0 spiro atoms. The van der Waals surface area contributed by atoms with Gasteiger partial charge in [-0.15, -0.1) is 11.8 Å². The van der Waals surface area contributed by atoms with Gasteiger partial charge in [-0.25, -0.2) is 0 Å². The summed E-state index contributed by atoms with van der Waals surface area (Å²) >= 11 is 1.76. The summed E-state index contributed by atoms with van der Waals surface area (Å²) in [6.45, 7) is 2.28. The van der Waals surface area contributed by atoms with Gasteiger partial charge in [0.1, 0.15) is 0 Å². The van der Waals surface area contributed by atoms with Crippen molar-refractivity contribution in [2.24, 2.45) is 5.92 Å². The summed E-state index contributed by atoms with van der Waals surface area (Å²) in [5.74, 6) is 0.605. The maximum absolute atomic E-state index is 11.6. The van der Waals surface area contributed by atoms with Gasteiger partial charge < -0.3 is 4.74 Å². The predicted molar refractivity (Wildman–Crippen MR) is 56.7 cm³/mol. The van der Waals surface area contributed by atoms with Crippen molar-refractivity contribution in [1.29, 1.82) is 0 Å². The number of esters is 1. The summed E-state index contributed by atoms with van der Waals surface area (Å²) in [5.41, 5.74) is 0.